The van der Waals surface area contributed by atoms with Crippen LogP contribution in [-0.4, -0.2) is 22.4 Å². The van der Waals surface area contributed by atoms with Crippen molar-refractivity contribution in [3.8, 4) is 0 Å². The third-order valence-corrected chi connectivity index (χ3v) is 2.64. The summed E-state index contributed by atoms with van der Waals surface area (Å²) in [5.74, 6) is 0.0288. The van der Waals surface area contributed by atoms with E-state index in [4.69, 9.17) is 34.7 Å². The van der Waals surface area contributed by atoms with E-state index in [0.717, 1.165) is 0 Å². The monoisotopic (exact) mass is 298 g/mol. The molecule has 0 saturated carbocycles. The Kier molecular flexibility index (Phi) is 3.98. The van der Waals surface area contributed by atoms with Crippen molar-refractivity contribution in [1.29, 1.82) is 0 Å². The minimum atomic E-state index is -0.0138. The van der Waals surface area contributed by atoms with Crippen LogP contribution in [-0.2, 0) is 0 Å². The van der Waals surface area contributed by atoms with E-state index in [1.807, 2.05) is 0 Å². The number of anilines is 1. The summed E-state index contributed by atoms with van der Waals surface area (Å²) in [5.41, 5.74) is 11.8. The van der Waals surface area contributed by atoms with Gasteiger partial charge in [-0.1, -0.05) is 29.3 Å². The number of nitrogen functional groups attached to an aromatic ring is 1. The zero-order chi connectivity index (χ0) is 13.8. The van der Waals surface area contributed by atoms with Gasteiger partial charge in [0, 0.05) is 10.6 Å². The summed E-state index contributed by atoms with van der Waals surface area (Å²) in [5, 5.41) is 15.3. The molecule has 7 nitrogen and oxygen atoms in total. The first-order valence-electron chi connectivity index (χ1n) is 4.98. The fourth-order valence-electron chi connectivity index (χ4n) is 1.18. The van der Waals surface area contributed by atoms with Gasteiger partial charge in [0.2, 0.25) is 0 Å². The van der Waals surface area contributed by atoms with E-state index in [1.165, 1.54) is 6.21 Å². The average Bonchev–Trinajstić information content (AvgIpc) is 2.78. The molecule has 0 atom stereocenters. The number of aromatic nitrogens is 2. The van der Waals surface area contributed by atoms with Crippen molar-refractivity contribution >= 4 is 41.1 Å². The van der Waals surface area contributed by atoms with Crippen LogP contribution in [0.5, 0.6) is 0 Å². The Labute approximate surface area is 117 Å². The maximum absolute atomic E-state index is 5.96. The normalized spacial score (nSPS) is 12.2. The van der Waals surface area contributed by atoms with Crippen molar-refractivity contribution in [2.45, 2.75) is 0 Å². The van der Waals surface area contributed by atoms with Crippen LogP contribution < -0.4 is 11.5 Å². The van der Waals surface area contributed by atoms with Gasteiger partial charge in [-0.3, -0.25) is 0 Å². The van der Waals surface area contributed by atoms with Crippen LogP contribution in [0.1, 0.15) is 11.3 Å². The molecular weight excluding hydrogens is 291 g/mol. The molecule has 0 fully saturated rings. The van der Waals surface area contributed by atoms with Gasteiger partial charge >= 0.3 is 0 Å². The van der Waals surface area contributed by atoms with Gasteiger partial charge in [-0.15, -0.1) is 5.10 Å². The molecule has 0 bridgehead atoms. The van der Waals surface area contributed by atoms with E-state index < -0.39 is 0 Å². The van der Waals surface area contributed by atoms with Crippen molar-refractivity contribution in [3.05, 3.63) is 39.5 Å². The molecule has 0 saturated heterocycles. The fourth-order valence-corrected chi connectivity index (χ4v) is 1.64. The summed E-state index contributed by atoms with van der Waals surface area (Å²) >= 11 is 11.7. The minimum absolute atomic E-state index is 0.0138. The molecule has 0 amide bonds. The number of benzene rings is 1. The fraction of sp³-hybridized carbons (Fsp3) is 0. The van der Waals surface area contributed by atoms with Gasteiger partial charge in [-0.25, -0.2) is 4.63 Å². The van der Waals surface area contributed by atoms with Crippen molar-refractivity contribution in [2.24, 2.45) is 15.9 Å². The first-order chi connectivity index (χ1) is 9.08. The van der Waals surface area contributed by atoms with Crippen LogP contribution >= 0.6 is 23.2 Å². The van der Waals surface area contributed by atoms with E-state index >= 15 is 0 Å². The van der Waals surface area contributed by atoms with Crippen LogP contribution in [0.3, 0.4) is 0 Å². The van der Waals surface area contributed by atoms with Gasteiger partial charge in [-0.05, 0) is 22.4 Å². The number of hydrogen-bond donors (Lipinski definition) is 2. The molecule has 0 aliphatic heterocycles. The molecule has 4 N–H and O–H groups in total. The SMILES string of the molecule is NC(=NN=Cc1ccc(Cl)cc1Cl)c1nonc1N. The van der Waals surface area contributed by atoms with Crippen LogP contribution in [0.15, 0.2) is 33.0 Å². The van der Waals surface area contributed by atoms with Crippen LogP contribution in [0.2, 0.25) is 10.0 Å². The third-order valence-electron chi connectivity index (χ3n) is 2.08. The molecule has 9 heteroatoms. The largest absolute Gasteiger partial charge is 0.380 e. The lowest BCUT2D eigenvalue weighted by molar-refractivity contribution is 0.308. The van der Waals surface area contributed by atoms with Crippen LogP contribution in [0.25, 0.3) is 0 Å². The lowest BCUT2D eigenvalue weighted by Gasteiger charge is -1.97. The van der Waals surface area contributed by atoms with Gasteiger partial charge in [0.05, 0.1) is 11.2 Å². The third kappa shape index (κ3) is 3.21. The zero-order valence-corrected chi connectivity index (χ0v) is 10.9. The molecule has 0 radical (unpaired) electrons. The summed E-state index contributed by atoms with van der Waals surface area (Å²) in [6.45, 7) is 0. The maximum Gasteiger partial charge on any atom is 0.199 e. The summed E-state index contributed by atoms with van der Waals surface area (Å²) in [6, 6.07) is 4.98. The molecule has 0 aliphatic carbocycles. The van der Waals surface area contributed by atoms with E-state index in [1.54, 1.807) is 18.2 Å². The average molecular weight is 299 g/mol. The second kappa shape index (κ2) is 5.68. The molecule has 0 spiro atoms. The van der Waals surface area contributed by atoms with E-state index in [0.29, 0.717) is 15.6 Å². The predicted molar refractivity (Wildman–Crippen MR) is 73.5 cm³/mol. The Morgan fingerprint density at radius 3 is 2.74 bits per heavy atom. The van der Waals surface area contributed by atoms with Gasteiger partial charge < -0.3 is 11.5 Å². The first-order valence-corrected chi connectivity index (χ1v) is 5.73. The molecular formula is C10H8Cl2N6O. The smallest absolute Gasteiger partial charge is 0.199 e. The molecule has 0 aliphatic rings. The molecule has 2 rings (SSSR count). The molecule has 1 aromatic carbocycles. The highest BCUT2D eigenvalue weighted by Gasteiger charge is 2.09. The highest BCUT2D eigenvalue weighted by atomic mass is 35.5. The van der Waals surface area contributed by atoms with Crippen molar-refractivity contribution in [1.82, 2.24) is 10.3 Å². The van der Waals surface area contributed by atoms with Crippen molar-refractivity contribution in [3.63, 3.8) is 0 Å². The lowest BCUT2D eigenvalue weighted by Crippen LogP contribution is -2.15. The van der Waals surface area contributed by atoms with Gasteiger partial charge in [0.25, 0.3) is 0 Å². The number of nitrogens with zero attached hydrogens (tertiary/aromatic N) is 4. The molecule has 0 unspecified atom stereocenters. The number of hydrogen-bond acceptors (Lipinski definition) is 6. The van der Waals surface area contributed by atoms with E-state index in [-0.39, 0.29) is 17.3 Å². The first kappa shape index (κ1) is 13.3. The zero-order valence-electron chi connectivity index (χ0n) is 9.42. The highest BCUT2D eigenvalue weighted by molar-refractivity contribution is 6.36. The topological polar surface area (TPSA) is 116 Å². The quantitative estimate of drug-likeness (QED) is 0.508. The Balaban J connectivity index is 2.17. The molecule has 1 aromatic heterocycles. The Hall–Kier alpha value is -2.12. The second-order valence-electron chi connectivity index (χ2n) is 3.39. The van der Waals surface area contributed by atoms with Crippen molar-refractivity contribution < 1.29 is 4.63 Å². The van der Waals surface area contributed by atoms with Crippen LogP contribution in [0, 0.1) is 0 Å². The van der Waals surface area contributed by atoms with Crippen LogP contribution in [0.4, 0.5) is 5.82 Å². The summed E-state index contributed by atoms with van der Waals surface area (Å²) < 4.78 is 4.39. The summed E-state index contributed by atoms with van der Waals surface area (Å²) in [6.07, 6.45) is 1.43. The Bertz CT molecular complexity index is 651. The van der Waals surface area contributed by atoms with Crippen molar-refractivity contribution in [2.75, 3.05) is 5.73 Å². The van der Waals surface area contributed by atoms with Gasteiger partial charge in [-0.2, -0.15) is 5.10 Å². The predicted octanol–water partition coefficient (Wildman–Crippen LogP) is 1.70. The second-order valence-corrected chi connectivity index (χ2v) is 4.24. The Morgan fingerprint density at radius 2 is 2.11 bits per heavy atom. The number of nitrogens with two attached hydrogens (primary N) is 2. The number of rotatable bonds is 3. The number of halogens is 2. The minimum Gasteiger partial charge on any atom is -0.380 e. The number of amidine groups is 1. The molecule has 2 aromatic rings. The summed E-state index contributed by atoms with van der Waals surface area (Å²) in [4.78, 5) is 0. The van der Waals surface area contributed by atoms with Gasteiger partial charge in [0.15, 0.2) is 17.3 Å². The van der Waals surface area contributed by atoms with E-state index in [9.17, 15) is 0 Å². The lowest BCUT2D eigenvalue weighted by atomic mass is 10.2. The standard InChI is InChI=1S/C10H8Cl2N6O/c11-6-2-1-5(7(12)3-6)4-15-16-9(13)8-10(14)18-19-17-8/h1-4H,(H2,13,16)(H2,14,18). The highest BCUT2D eigenvalue weighted by Crippen LogP contribution is 2.19. The summed E-state index contributed by atoms with van der Waals surface area (Å²) in [7, 11) is 0. The maximum atomic E-state index is 5.96. The molecule has 98 valence electrons. The Morgan fingerprint density at radius 1 is 1.32 bits per heavy atom. The molecule has 19 heavy (non-hydrogen) atoms. The van der Waals surface area contributed by atoms with E-state index in [2.05, 4.69) is 25.1 Å². The molecule has 1 heterocycles. The van der Waals surface area contributed by atoms with Gasteiger partial charge in [0.1, 0.15) is 0 Å².